The van der Waals surface area contributed by atoms with Crippen LogP contribution in [0.2, 0.25) is 0 Å². The summed E-state index contributed by atoms with van der Waals surface area (Å²) in [5.41, 5.74) is 1.77. The number of nitrogens with zero attached hydrogens (tertiary/aromatic N) is 1. The molecule has 0 radical (unpaired) electrons. The summed E-state index contributed by atoms with van der Waals surface area (Å²) in [7, 11) is 1.58. The molecule has 116 valence electrons. The number of methoxy groups -OCH3 is 1. The van der Waals surface area contributed by atoms with Crippen LogP contribution in [-0.2, 0) is 4.79 Å². The highest BCUT2D eigenvalue weighted by molar-refractivity contribution is 5.98. The third-order valence-corrected chi connectivity index (χ3v) is 3.45. The number of ether oxygens (including phenoxy) is 1. The molecule has 2 N–H and O–H groups in total. The van der Waals surface area contributed by atoms with Gasteiger partial charge in [-0.1, -0.05) is 6.92 Å². The van der Waals surface area contributed by atoms with Crippen molar-refractivity contribution in [1.82, 2.24) is 10.3 Å². The molecule has 1 aromatic heterocycles. The van der Waals surface area contributed by atoms with Crippen LogP contribution in [0.3, 0.4) is 0 Å². The molecule has 22 heavy (non-hydrogen) atoms. The molecule has 1 unspecified atom stereocenters. The molecular weight excluding hydrogens is 284 g/mol. The van der Waals surface area contributed by atoms with Crippen LogP contribution in [0.15, 0.2) is 24.3 Å². The summed E-state index contributed by atoms with van der Waals surface area (Å²) in [5, 5.41) is 12.3. The maximum Gasteiger partial charge on any atom is 0.308 e. The van der Waals surface area contributed by atoms with E-state index in [0.717, 1.165) is 10.9 Å². The minimum atomic E-state index is -0.944. The summed E-state index contributed by atoms with van der Waals surface area (Å²) >= 11 is 0. The minimum Gasteiger partial charge on any atom is -0.497 e. The number of aryl methyl sites for hydroxylation is 1. The second-order valence-corrected chi connectivity index (χ2v) is 5.13. The highest BCUT2D eigenvalue weighted by Crippen LogP contribution is 2.21. The number of carboxylic acids is 1. The lowest BCUT2D eigenvalue weighted by Crippen LogP contribution is -2.32. The van der Waals surface area contributed by atoms with Gasteiger partial charge >= 0.3 is 5.97 Å². The molecule has 0 fully saturated rings. The van der Waals surface area contributed by atoms with Gasteiger partial charge in [0.25, 0.3) is 5.91 Å². The number of aliphatic carboxylic acids is 1. The fraction of sp³-hybridized carbons (Fsp3) is 0.312. The van der Waals surface area contributed by atoms with E-state index in [1.807, 2.05) is 6.07 Å². The van der Waals surface area contributed by atoms with Gasteiger partial charge < -0.3 is 15.2 Å². The highest BCUT2D eigenvalue weighted by Gasteiger charge is 2.15. The Morgan fingerprint density at radius 1 is 1.36 bits per heavy atom. The van der Waals surface area contributed by atoms with Crippen molar-refractivity contribution >= 4 is 22.8 Å². The van der Waals surface area contributed by atoms with E-state index in [0.29, 0.717) is 17.0 Å². The first-order chi connectivity index (χ1) is 10.4. The summed E-state index contributed by atoms with van der Waals surface area (Å²) in [6, 6.07) is 7.18. The standard InChI is InChI=1S/C16H18N2O4/c1-9(16(20)21)8-17-15(19)13-6-11-4-5-12(22-3)7-14(11)18-10(13)2/h4-7,9H,8H2,1-3H3,(H,17,19)(H,20,21). The van der Waals surface area contributed by atoms with E-state index in [4.69, 9.17) is 9.84 Å². The van der Waals surface area contributed by atoms with E-state index in [2.05, 4.69) is 10.3 Å². The van der Waals surface area contributed by atoms with E-state index in [9.17, 15) is 9.59 Å². The Labute approximate surface area is 128 Å². The van der Waals surface area contributed by atoms with Gasteiger partial charge in [0.05, 0.1) is 29.8 Å². The zero-order valence-corrected chi connectivity index (χ0v) is 12.7. The molecule has 0 spiro atoms. The van der Waals surface area contributed by atoms with Gasteiger partial charge in [-0.15, -0.1) is 0 Å². The Kier molecular flexibility index (Phi) is 4.60. The molecule has 6 heteroatoms. The summed E-state index contributed by atoms with van der Waals surface area (Å²) in [5.74, 6) is -1.20. The summed E-state index contributed by atoms with van der Waals surface area (Å²) in [4.78, 5) is 27.4. The highest BCUT2D eigenvalue weighted by atomic mass is 16.5. The largest absolute Gasteiger partial charge is 0.497 e. The van der Waals surface area contributed by atoms with Crippen molar-refractivity contribution in [3.8, 4) is 5.75 Å². The first-order valence-electron chi connectivity index (χ1n) is 6.88. The van der Waals surface area contributed by atoms with Crippen molar-refractivity contribution in [2.45, 2.75) is 13.8 Å². The average Bonchev–Trinajstić information content (AvgIpc) is 2.50. The first kappa shape index (κ1) is 15.8. The molecule has 0 saturated carbocycles. The van der Waals surface area contributed by atoms with Gasteiger partial charge in [0.1, 0.15) is 5.75 Å². The predicted molar refractivity (Wildman–Crippen MR) is 82.2 cm³/mol. The summed E-state index contributed by atoms with van der Waals surface area (Å²) in [6.45, 7) is 3.36. The smallest absolute Gasteiger partial charge is 0.308 e. The van der Waals surface area contributed by atoms with Crippen molar-refractivity contribution in [3.63, 3.8) is 0 Å². The number of rotatable bonds is 5. The fourth-order valence-corrected chi connectivity index (χ4v) is 2.03. The third kappa shape index (κ3) is 3.33. The number of fused-ring (bicyclic) bond motifs is 1. The number of benzene rings is 1. The second kappa shape index (κ2) is 6.43. The number of amides is 1. The zero-order valence-electron chi connectivity index (χ0n) is 12.7. The Balaban J connectivity index is 2.25. The van der Waals surface area contributed by atoms with Gasteiger partial charge in [-0.25, -0.2) is 0 Å². The van der Waals surface area contributed by atoms with Crippen LogP contribution in [0.1, 0.15) is 23.0 Å². The number of carbonyl (C=O) groups excluding carboxylic acids is 1. The minimum absolute atomic E-state index is 0.0776. The van der Waals surface area contributed by atoms with E-state index in [1.54, 1.807) is 39.2 Å². The van der Waals surface area contributed by atoms with E-state index >= 15 is 0 Å². The molecule has 2 aromatic rings. The molecule has 0 bridgehead atoms. The first-order valence-corrected chi connectivity index (χ1v) is 6.88. The third-order valence-electron chi connectivity index (χ3n) is 3.45. The van der Waals surface area contributed by atoms with Gasteiger partial charge in [-0.2, -0.15) is 0 Å². The molecule has 1 aromatic carbocycles. The van der Waals surface area contributed by atoms with Crippen LogP contribution in [0.4, 0.5) is 0 Å². The number of nitrogens with one attached hydrogen (secondary N) is 1. The predicted octanol–water partition coefficient (Wildman–Crippen LogP) is 2.00. The molecular formula is C16H18N2O4. The molecule has 0 aliphatic carbocycles. The van der Waals surface area contributed by atoms with Crippen LogP contribution in [-0.4, -0.2) is 35.6 Å². The Morgan fingerprint density at radius 3 is 2.73 bits per heavy atom. The van der Waals surface area contributed by atoms with Gasteiger partial charge in [-0.05, 0) is 25.1 Å². The summed E-state index contributed by atoms with van der Waals surface area (Å²) in [6.07, 6.45) is 0. The van der Waals surface area contributed by atoms with Crippen LogP contribution < -0.4 is 10.1 Å². The van der Waals surface area contributed by atoms with Crippen molar-refractivity contribution in [2.75, 3.05) is 13.7 Å². The topological polar surface area (TPSA) is 88.5 Å². The van der Waals surface area contributed by atoms with Gasteiger partial charge in [-0.3, -0.25) is 14.6 Å². The van der Waals surface area contributed by atoms with Gasteiger partial charge in [0, 0.05) is 18.0 Å². The van der Waals surface area contributed by atoms with Crippen LogP contribution in [0, 0.1) is 12.8 Å². The molecule has 0 aliphatic rings. The maximum absolute atomic E-state index is 12.2. The van der Waals surface area contributed by atoms with Crippen molar-refractivity contribution < 1.29 is 19.4 Å². The quantitative estimate of drug-likeness (QED) is 0.882. The normalized spacial score (nSPS) is 12.0. The average molecular weight is 302 g/mol. The lowest BCUT2D eigenvalue weighted by molar-refractivity contribution is -0.140. The maximum atomic E-state index is 12.2. The molecule has 6 nitrogen and oxygen atoms in total. The van der Waals surface area contributed by atoms with Crippen molar-refractivity contribution in [3.05, 3.63) is 35.5 Å². The lowest BCUT2D eigenvalue weighted by Gasteiger charge is -2.11. The molecule has 0 saturated heterocycles. The molecule has 1 amide bonds. The fourth-order valence-electron chi connectivity index (χ4n) is 2.03. The van der Waals surface area contributed by atoms with Crippen LogP contribution >= 0.6 is 0 Å². The molecule has 2 rings (SSSR count). The number of carbonyl (C=O) groups is 2. The number of hydrogen-bond acceptors (Lipinski definition) is 4. The SMILES string of the molecule is COc1ccc2cc(C(=O)NCC(C)C(=O)O)c(C)nc2c1. The number of carboxylic acid groups (broad SMARTS) is 1. The Bertz CT molecular complexity index is 727. The monoisotopic (exact) mass is 302 g/mol. The number of hydrogen-bond donors (Lipinski definition) is 2. The zero-order chi connectivity index (χ0) is 16.3. The van der Waals surface area contributed by atoms with Crippen LogP contribution in [0.5, 0.6) is 5.75 Å². The number of pyridine rings is 1. The molecule has 1 heterocycles. The van der Waals surface area contributed by atoms with Crippen molar-refractivity contribution in [2.24, 2.45) is 5.92 Å². The Hall–Kier alpha value is -2.63. The lowest BCUT2D eigenvalue weighted by atomic mass is 10.1. The van der Waals surface area contributed by atoms with Gasteiger partial charge in [0.15, 0.2) is 0 Å². The van der Waals surface area contributed by atoms with Gasteiger partial charge in [0.2, 0.25) is 0 Å². The van der Waals surface area contributed by atoms with Crippen molar-refractivity contribution in [1.29, 1.82) is 0 Å². The Morgan fingerprint density at radius 2 is 2.09 bits per heavy atom. The van der Waals surface area contributed by atoms with Crippen LogP contribution in [0.25, 0.3) is 10.9 Å². The molecule has 0 aliphatic heterocycles. The van der Waals surface area contributed by atoms with E-state index in [-0.39, 0.29) is 12.5 Å². The summed E-state index contributed by atoms with van der Waals surface area (Å²) < 4.78 is 5.15. The van der Waals surface area contributed by atoms with E-state index < -0.39 is 11.9 Å². The molecule has 1 atom stereocenters. The van der Waals surface area contributed by atoms with E-state index in [1.165, 1.54) is 0 Å². The number of aromatic nitrogens is 1. The second-order valence-electron chi connectivity index (χ2n) is 5.13.